The Hall–Kier alpha value is -4.02. The van der Waals surface area contributed by atoms with Crippen molar-refractivity contribution in [2.24, 2.45) is 0 Å². The van der Waals surface area contributed by atoms with Gasteiger partial charge in [0.2, 0.25) is 5.91 Å². The first-order valence-electron chi connectivity index (χ1n) is 12.8. The number of ether oxygens (including phenoxy) is 1. The van der Waals surface area contributed by atoms with Crippen molar-refractivity contribution in [1.29, 1.82) is 0 Å². The SMILES string of the molecule is CCOC(=O)CNC(=O)N(CC(=O)N(CCc1c[nH]c2ccccc12)Cc1ccc(C(F)(F)F)cc1)C1CC1. The lowest BCUT2D eigenvalue weighted by Gasteiger charge is -2.28. The first-order valence-corrected chi connectivity index (χ1v) is 12.8. The van der Waals surface area contributed by atoms with E-state index in [2.05, 4.69) is 10.3 Å². The van der Waals surface area contributed by atoms with Gasteiger partial charge in [0.25, 0.3) is 0 Å². The van der Waals surface area contributed by atoms with Crippen LogP contribution in [0.25, 0.3) is 10.9 Å². The summed E-state index contributed by atoms with van der Waals surface area (Å²) < 4.78 is 43.9. The minimum atomic E-state index is -4.45. The van der Waals surface area contributed by atoms with E-state index >= 15 is 0 Å². The average molecular weight is 545 g/mol. The molecule has 3 amide bonds. The quantitative estimate of drug-likeness (QED) is 0.348. The molecule has 1 aliphatic rings. The topological polar surface area (TPSA) is 94.7 Å². The predicted molar refractivity (Wildman–Crippen MR) is 139 cm³/mol. The van der Waals surface area contributed by atoms with Crippen molar-refractivity contribution in [3.63, 3.8) is 0 Å². The van der Waals surface area contributed by atoms with Crippen LogP contribution in [-0.4, -0.2) is 65.0 Å². The Labute approximate surface area is 224 Å². The Morgan fingerprint density at radius 1 is 1.08 bits per heavy atom. The third-order valence-electron chi connectivity index (χ3n) is 6.58. The standard InChI is InChI=1S/C28H31F3N4O4/c1-2-39-26(37)16-33-27(38)35(22-11-12-22)18-25(36)34(17-19-7-9-21(10-8-19)28(29,30)31)14-13-20-15-32-24-6-4-3-5-23(20)24/h3-10,15,22,32H,2,11-14,16-18H2,1H3,(H,33,38). The third kappa shape index (κ3) is 7.52. The van der Waals surface area contributed by atoms with Crippen LogP contribution in [0.3, 0.4) is 0 Å². The zero-order valence-corrected chi connectivity index (χ0v) is 21.6. The van der Waals surface area contributed by atoms with Gasteiger partial charge in [-0.3, -0.25) is 9.59 Å². The van der Waals surface area contributed by atoms with Gasteiger partial charge in [-0.1, -0.05) is 30.3 Å². The molecule has 2 aromatic carbocycles. The number of nitrogens with zero attached hydrogens (tertiary/aromatic N) is 2. The van der Waals surface area contributed by atoms with Gasteiger partial charge < -0.3 is 24.8 Å². The molecular weight excluding hydrogens is 513 g/mol. The molecule has 4 rings (SSSR count). The number of H-pyrrole nitrogens is 1. The van der Waals surface area contributed by atoms with Gasteiger partial charge >= 0.3 is 18.2 Å². The Morgan fingerprint density at radius 3 is 2.46 bits per heavy atom. The van der Waals surface area contributed by atoms with Crippen LogP contribution in [0.2, 0.25) is 0 Å². The van der Waals surface area contributed by atoms with Crippen LogP contribution in [0.1, 0.15) is 36.5 Å². The summed E-state index contributed by atoms with van der Waals surface area (Å²) in [5.74, 6) is -0.913. The number of para-hydroxylation sites is 1. The number of hydrogen-bond donors (Lipinski definition) is 2. The molecular formula is C28H31F3N4O4. The number of halogens is 3. The van der Waals surface area contributed by atoms with Crippen LogP contribution in [0, 0.1) is 0 Å². The number of carbonyl (C=O) groups is 3. The predicted octanol–water partition coefficient (Wildman–Crippen LogP) is 4.50. The van der Waals surface area contributed by atoms with Gasteiger partial charge in [-0.2, -0.15) is 13.2 Å². The van der Waals surface area contributed by atoms with Crippen LogP contribution in [-0.2, 0) is 33.5 Å². The monoisotopic (exact) mass is 544 g/mol. The summed E-state index contributed by atoms with van der Waals surface area (Å²) in [6.45, 7) is 1.71. The van der Waals surface area contributed by atoms with Crippen LogP contribution in [0.4, 0.5) is 18.0 Å². The highest BCUT2D eigenvalue weighted by Gasteiger charge is 2.35. The van der Waals surface area contributed by atoms with Crippen molar-refractivity contribution in [3.05, 3.63) is 71.4 Å². The molecule has 208 valence electrons. The van der Waals surface area contributed by atoms with E-state index in [1.807, 2.05) is 30.5 Å². The highest BCUT2D eigenvalue weighted by molar-refractivity contribution is 5.87. The molecule has 3 aromatic rings. The zero-order valence-electron chi connectivity index (χ0n) is 21.6. The maximum Gasteiger partial charge on any atom is 0.416 e. The lowest BCUT2D eigenvalue weighted by molar-refractivity contribution is -0.142. The number of alkyl halides is 3. The Morgan fingerprint density at radius 2 is 1.79 bits per heavy atom. The molecule has 39 heavy (non-hydrogen) atoms. The molecule has 1 saturated carbocycles. The van der Waals surface area contributed by atoms with E-state index in [0.29, 0.717) is 18.5 Å². The summed E-state index contributed by atoms with van der Waals surface area (Å²) in [5.41, 5.74) is 1.74. The molecule has 0 aliphatic heterocycles. The Balaban J connectivity index is 1.48. The maximum atomic E-state index is 13.5. The molecule has 1 fully saturated rings. The summed E-state index contributed by atoms with van der Waals surface area (Å²) in [5, 5.41) is 3.53. The highest BCUT2D eigenvalue weighted by Crippen LogP contribution is 2.30. The summed E-state index contributed by atoms with van der Waals surface area (Å²) in [6.07, 6.45) is -0.576. The number of aromatic amines is 1. The number of nitrogens with one attached hydrogen (secondary N) is 2. The van der Waals surface area contributed by atoms with E-state index in [-0.39, 0.29) is 38.2 Å². The van der Waals surface area contributed by atoms with Gasteiger partial charge in [0.15, 0.2) is 0 Å². The van der Waals surface area contributed by atoms with Crippen molar-refractivity contribution in [2.75, 3.05) is 26.2 Å². The van der Waals surface area contributed by atoms with E-state index in [0.717, 1.165) is 41.4 Å². The number of benzene rings is 2. The van der Waals surface area contributed by atoms with Crippen LogP contribution < -0.4 is 5.32 Å². The minimum absolute atomic E-state index is 0.0856. The first-order chi connectivity index (χ1) is 18.7. The average Bonchev–Trinajstić information content (AvgIpc) is 3.67. The van der Waals surface area contributed by atoms with Crippen LogP contribution in [0.15, 0.2) is 54.7 Å². The highest BCUT2D eigenvalue weighted by atomic mass is 19.4. The fourth-order valence-electron chi connectivity index (χ4n) is 4.37. The summed E-state index contributed by atoms with van der Waals surface area (Å²) >= 11 is 0. The fourth-order valence-corrected chi connectivity index (χ4v) is 4.37. The number of hydrogen-bond acceptors (Lipinski definition) is 4. The van der Waals surface area contributed by atoms with E-state index in [1.165, 1.54) is 17.0 Å². The largest absolute Gasteiger partial charge is 0.465 e. The molecule has 0 unspecified atom stereocenters. The molecule has 2 N–H and O–H groups in total. The number of urea groups is 1. The van der Waals surface area contributed by atoms with Crippen molar-refractivity contribution < 1.29 is 32.3 Å². The Kier molecular flexibility index (Phi) is 8.78. The van der Waals surface area contributed by atoms with Crippen LogP contribution in [0.5, 0.6) is 0 Å². The number of carbonyl (C=O) groups excluding carboxylic acids is 3. The van der Waals surface area contributed by atoms with Gasteiger partial charge in [-0.25, -0.2) is 4.79 Å². The second kappa shape index (κ2) is 12.2. The molecule has 0 spiro atoms. The maximum absolute atomic E-state index is 13.5. The summed E-state index contributed by atoms with van der Waals surface area (Å²) in [7, 11) is 0. The first kappa shape index (κ1) is 28.0. The molecule has 0 radical (unpaired) electrons. The fraction of sp³-hybridized carbons (Fsp3) is 0.393. The van der Waals surface area contributed by atoms with Crippen molar-refractivity contribution >= 4 is 28.8 Å². The van der Waals surface area contributed by atoms with Crippen molar-refractivity contribution in [2.45, 2.75) is 44.9 Å². The molecule has 0 atom stereocenters. The van der Waals surface area contributed by atoms with Crippen molar-refractivity contribution in [1.82, 2.24) is 20.1 Å². The van der Waals surface area contributed by atoms with Gasteiger partial charge in [-0.05, 0) is 55.5 Å². The molecule has 8 nitrogen and oxygen atoms in total. The van der Waals surface area contributed by atoms with E-state index in [4.69, 9.17) is 4.74 Å². The number of amides is 3. The summed E-state index contributed by atoms with van der Waals surface area (Å²) in [6, 6.07) is 11.8. The normalized spacial score (nSPS) is 13.2. The molecule has 0 saturated heterocycles. The van der Waals surface area contributed by atoms with E-state index in [9.17, 15) is 27.6 Å². The molecule has 1 aromatic heterocycles. The van der Waals surface area contributed by atoms with Gasteiger partial charge in [0, 0.05) is 36.2 Å². The van der Waals surface area contributed by atoms with Gasteiger partial charge in [0.05, 0.1) is 12.2 Å². The van der Waals surface area contributed by atoms with E-state index in [1.54, 1.807) is 11.8 Å². The molecule has 1 aliphatic carbocycles. The second-order valence-corrected chi connectivity index (χ2v) is 9.44. The molecule has 1 heterocycles. The van der Waals surface area contributed by atoms with Crippen LogP contribution >= 0.6 is 0 Å². The lowest BCUT2D eigenvalue weighted by atomic mass is 10.1. The zero-order chi connectivity index (χ0) is 28.0. The minimum Gasteiger partial charge on any atom is -0.465 e. The number of fused-ring (bicyclic) bond motifs is 1. The third-order valence-corrected chi connectivity index (χ3v) is 6.58. The Bertz CT molecular complexity index is 1300. The molecule has 11 heteroatoms. The molecule has 0 bridgehead atoms. The number of esters is 1. The van der Waals surface area contributed by atoms with Crippen molar-refractivity contribution in [3.8, 4) is 0 Å². The number of rotatable bonds is 11. The van der Waals surface area contributed by atoms with E-state index < -0.39 is 23.7 Å². The lowest BCUT2D eigenvalue weighted by Crippen LogP contribution is -2.49. The smallest absolute Gasteiger partial charge is 0.416 e. The second-order valence-electron chi connectivity index (χ2n) is 9.44. The van der Waals surface area contributed by atoms with Gasteiger partial charge in [-0.15, -0.1) is 0 Å². The van der Waals surface area contributed by atoms with Gasteiger partial charge in [0.1, 0.15) is 13.1 Å². The number of aromatic nitrogens is 1. The summed E-state index contributed by atoms with van der Waals surface area (Å²) in [4.78, 5) is 44.1.